The monoisotopic (exact) mass is 282 g/mol. The topological polar surface area (TPSA) is 61.6 Å². The predicted molar refractivity (Wildman–Crippen MR) is 81.5 cm³/mol. The minimum atomic E-state index is -0.604. The quantitative estimate of drug-likeness (QED) is 0.740. The highest BCUT2D eigenvalue weighted by atomic mass is 16.1. The summed E-state index contributed by atoms with van der Waals surface area (Å²) >= 11 is 0. The minimum absolute atomic E-state index is 0.239. The standard InChI is InChI=1S/C15H30N4O/c1-3-7-17-15(2,14(16)20)12-18-9-10-19-8-5-4-6-13(19)11-18/h13,17H,3-12H2,1-2H3,(H2,16,20). The molecule has 0 aliphatic carbocycles. The summed E-state index contributed by atoms with van der Waals surface area (Å²) in [5.74, 6) is -0.239. The molecule has 2 aliphatic rings. The van der Waals surface area contributed by atoms with Crippen LogP contribution in [0.1, 0.15) is 39.5 Å². The Labute approximate surface area is 122 Å². The lowest BCUT2D eigenvalue weighted by Gasteiger charge is -2.46. The third-order valence-electron chi connectivity index (χ3n) is 4.77. The van der Waals surface area contributed by atoms with Crippen LogP contribution in [0.4, 0.5) is 0 Å². The summed E-state index contributed by atoms with van der Waals surface area (Å²) in [6.07, 6.45) is 5.00. The van der Waals surface area contributed by atoms with Gasteiger partial charge in [-0.3, -0.25) is 14.6 Å². The Morgan fingerprint density at radius 3 is 2.85 bits per heavy atom. The average Bonchev–Trinajstić information content (AvgIpc) is 2.45. The fraction of sp³-hybridized carbons (Fsp3) is 0.933. The Bertz CT molecular complexity index is 336. The Kier molecular flexibility index (Phi) is 5.41. The van der Waals surface area contributed by atoms with Crippen LogP contribution in [0.2, 0.25) is 0 Å². The van der Waals surface area contributed by atoms with E-state index >= 15 is 0 Å². The van der Waals surface area contributed by atoms with Gasteiger partial charge in [0.1, 0.15) is 5.54 Å². The number of piperazine rings is 1. The molecule has 2 atom stereocenters. The molecule has 5 nitrogen and oxygen atoms in total. The molecule has 0 saturated carbocycles. The first-order valence-corrected chi connectivity index (χ1v) is 8.06. The predicted octanol–water partition coefficient (Wildman–Crippen LogP) is 0.400. The van der Waals surface area contributed by atoms with Crippen LogP contribution in [0.5, 0.6) is 0 Å². The molecule has 2 aliphatic heterocycles. The molecule has 2 heterocycles. The molecule has 20 heavy (non-hydrogen) atoms. The summed E-state index contributed by atoms with van der Waals surface area (Å²) in [6.45, 7) is 10.1. The number of hydrogen-bond donors (Lipinski definition) is 2. The molecule has 5 heteroatoms. The van der Waals surface area contributed by atoms with E-state index in [-0.39, 0.29) is 5.91 Å². The van der Waals surface area contributed by atoms with Gasteiger partial charge in [0.2, 0.25) is 5.91 Å². The van der Waals surface area contributed by atoms with Gasteiger partial charge in [-0.15, -0.1) is 0 Å². The molecular formula is C15H30N4O. The molecule has 2 unspecified atom stereocenters. The molecule has 2 rings (SSSR count). The van der Waals surface area contributed by atoms with Gasteiger partial charge < -0.3 is 11.1 Å². The molecule has 0 bridgehead atoms. The van der Waals surface area contributed by atoms with Crippen molar-refractivity contribution < 1.29 is 4.79 Å². The summed E-state index contributed by atoms with van der Waals surface area (Å²) in [5, 5.41) is 3.33. The highest BCUT2D eigenvalue weighted by molar-refractivity contribution is 5.84. The summed E-state index contributed by atoms with van der Waals surface area (Å²) in [6, 6.07) is 0.681. The van der Waals surface area contributed by atoms with Crippen molar-refractivity contribution in [2.24, 2.45) is 5.73 Å². The second-order valence-electron chi connectivity index (χ2n) is 6.54. The third-order valence-corrected chi connectivity index (χ3v) is 4.77. The molecule has 0 aromatic rings. The first kappa shape index (κ1) is 15.7. The second kappa shape index (κ2) is 6.87. The van der Waals surface area contributed by atoms with E-state index in [1.165, 1.54) is 25.8 Å². The van der Waals surface area contributed by atoms with E-state index in [0.29, 0.717) is 6.04 Å². The zero-order valence-electron chi connectivity index (χ0n) is 13.0. The number of primary amides is 1. The van der Waals surface area contributed by atoms with Gasteiger partial charge in [-0.1, -0.05) is 13.3 Å². The number of fused-ring (bicyclic) bond motifs is 1. The van der Waals surface area contributed by atoms with Crippen molar-refractivity contribution in [3.05, 3.63) is 0 Å². The largest absolute Gasteiger partial charge is 0.368 e. The SMILES string of the molecule is CCCNC(C)(CN1CCN2CCCCC2C1)C(N)=O. The molecule has 2 fully saturated rings. The van der Waals surface area contributed by atoms with E-state index in [2.05, 4.69) is 22.0 Å². The van der Waals surface area contributed by atoms with E-state index in [1.54, 1.807) is 0 Å². The number of nitrogens with zero attached hydrogens (tertiary/aromatic N) is 2. The van der Waals surface area contributed by atoms with Crippen LogP contribution < -0.4 is 11.1 Å². The van der Waals surface area contributed by atoms with Crippen LogP contribution >= 0.6 is 0 Å². The van der Waals surface area contributed by atoms with Crippen LogP contribution in [0.25, 0.3) is 0 Å². The van der Waals surface area contributed by atoms with Gasteiger partial charge in [0, 0.05) is 32.2 Å². The van der Waals surface area contributed by atoms with Gasteiger partial charge in [0.05, 0.1) is 0 Å². The molecule has 0 aromatic heterocycles. The second-order valence-corrected chi connectivity index (χ2v) is 6.54. The molecule has 2 saturated heterocycles. The third kappa shape index (κ3) is 3.71. The van der Waals surface area contributed by atoms with Crippen LogP contribution in [0.3, 0.4) is 0 Å². The average molecular weight is 282 g/mol. The Hall–Kier alpha value is -0.650. The Morgan fingerprint density at radius 2 is 2.15 bits per heavy atom. The van der Waals surface area contributed by atoms with Gasteiger partial charge in [-0.05, 0) is 39.3 Å². The lowest BCUT2D eigenvalue weighted by Crippen LogP contribution is -2.63. The van der Waals surface area contributed by atoms with Gasteiger partial charge in [0.15, 0.2) is 0 Å². The molecule has 0 aromatic carbocycles. The maximum Gasteiger partial charge on any atom is 0.238 e. The first-order valence-electron chi connectivity index (χ1n) is 8.06. The summed E-state index contributed by atoms with van der Waals surface area (Å²) in [5.41, 5.74) is 5.02. The van der Waals surface area contributed by atoms with Gasteiger partial charge >= 0.3 is 0 Å². The normalized spacial score (nSPS) is 27.8. The molecule has 116 valence electrons. The summed E-state index contributed by atoms with van der Waals surface area (Å²) < 4.78 is 0. The molecular weight excluding hydrogens is 252 g/mol. The van der Waals surface area contributed by atoms with Crippen molar-refractivity contribution in [2.45, 2.75) is 51.1 Å². The van der Waals surface area contributed by atoms with E-state index in [9.17, 15) is 4.79 Å². The highest BCUT2D eigenvalue weighted by Gasteiger charge is 2.36. The number of nitrogens with two attached hydrogens (primary N) is 1. The zero-order chi connectivity index (χ0) is 14.6. The van der Waals surface area contributed by atoms with Crippen molar-refractivity contribution in [3.8, 4) is 0 Å². The van der Waals surface area contributed by atoms with Crippen LogP contribution in [0, 0.1) is 0 Å². The van der Waals surface area contributed by atoms with Gasteiger partial charge in [-0.2, -0.15) is 0 Å². The molecule has 1 amide bonds. The smallest absolute Gasteiger partial charge is 0.238 e. The molecule has 0 spiro atoms. The van der Waals surface area contributed by atoms with E-state index in [4.69, 9.17) is 5.73 Å². The van der Waals surface area contributed by atoms with Crippen molar-refractivity contribution >= 4 is 5.91 Å². The van der Waals surface area contributed by atoms with E-state index < -0.39 is 5.54 Å². The Balaban J connectivity index is 1.92. The summed E-state index contributed by atoms with van der Waals surface area (Å²) in [7, 11) is 0. The summed E-state index contributed by atoms with van der Waals surface area (Å²) in [4.78, 5) is 16.8. The van der Waals surface area contributed by atoms with Crippen molar-refractivity contribution in [2.75, 3.05) is 39.3 Å². The number of carbonyl (C=O) groups is 1. The maximum absolute atomic E-state index is 11.8. The van der Waals surface area contributed by atoms with Crippen molar-refractivity contribution in [3.63, 3.8) is 0 Å². The van der Waals surface area contributed by atoms with Crippen molar-refractivity contribution in [1.29, 1.82) is 0 Å². The molecule has 3 N–H and O–H groups in total. The molecule has 0 radical (unpaired) electrons. The number of piperidine rings is 1. The van der Waals surface area contributed by atoms with E-state index in [1.807, 2.05) is 6.92 Å². The lowest BCUT2D eigenvalue weighted by molar-refractivity contribution is -0.125. The van der Waals surface area contributed by atoms with Crippen LogP contribution in [-0.2, 0) is 4.79 Å². The van der Waals surface area contributed by atoms with Gasteiger partial charge in [0.25, 0.3) is 0 Å². The van der Waals surface area contributed by atoms with Crippen molar-refractivity contribution in [1.82, 2.24) is 15.1 Å². The number of rotatable bonds is 6. The zero-order valence-corrected chi connectivity index (χ0v) is 13.0. The number of carbonyl (C=O) groups excluding carboxylic acids is 1. The minimum Gasteiger partial charge on any atom is -0.368 e. The van der Waals surface area contributed by atoms with E-state index in [0.717, 1.165) is 39.1 Å². The number of hydrogen-bond acceptors (Lipinski definition) is 4. The first-order chi connectivity index (χ1) is 9.55. The fourth-order valence-electron chi connectivity index (χ4n) is 3.43. The Morgan fingerprint density at radius 1 is 1.35 bits per heavy atom. The van der Waals surface area contributed by atoms with Crippen LogP contribution in [-0.4, -0.2) is 66.6 Å². The fourth-order valence-corrected chi connectivity index (χ4v) is 3.43. The van der Waals surface area contributed by atoms with Crippen LogP contribution in [0.15, 0.2) is 0 Å². The maximum atomic E-state index is 11.8. The highest BCUT2D eigenvalue weighted by Crippen LogP contribution is 2.22. The van der Waals surface area contributed by atoms with Gasteiger partial charge in [-0.25, -0.2) is 0 Å². The lowest BCUT2D eigenvalue weighted by atomic mass is 9.96. The number of amides is 1. The number of nitrogens with one attached hydrogen (secondary N) is 1.